The Kier molecular flexibility index (Phi) is 4.02. The average molecular weight is 295 g/mol. The average Bonchev–Trinajstić information content (AvgIpc) is 2.71. The number of β-amino-alcohol motifs (C(OH)–C–C–N with tert-alkyl or cyclic N) is 1. The summed E-state index contributed by atoms with van der Waals surface area (Å²) in [6.07, 6.45) is 1.99. The first-order valence-electron chi connectivity index (χ1n) is 7.32. The van der Waals surface area contributed by atoms with Crippen molar-refractivity contribution in [3.8, 4) is 0 Å². The van der Waals surface area contributed by atoms with Crippen LogP contribution in [0.4, 0.5) is 4.79 Å². The number of hydrogen-bond acceptors (Lipinski definition) is 4. The zero-order chi connectivity index (χ0) is 15.8. The minimum Gasteiger partial charge on any atom is -0.444 e. The van der Waals surface area contributed by atoms with E-state index in [1.54, 1.807) is 0 Å². The summed E-state index contributed by atoms with van der Waals surface area (Å²) in [5.74, 6) is 0. The molecule has 6 nitrogen and oxygen atoms in total. The third-order valence-corrected chi connectivity index (χ3v) is 3.32. The van der Waals surface area contributed by atoms with Gasteiger partial charge in [-0.25, -0.2) is 4.79 Å². The third-order valence-electron chi connectivity index (χ3n) is 3.32. The maximum absolute atomic E-state index is 11.8. The molecule has 1 saturated heterocycles. The maximum atomic E-state index is 11.8. The van der Waals surface area contributed by atoms with Crippen LogP contribution in [0.15, 0.2) is 12.3 Å². The number of aliphatic hydroxyl groups is 1. The normalized spacial score (nSPS) is 17.8. The fraction of sp³-hybridized carbons (Fsp3) is 0.733. The SMILES string of the molecule is CC(C)n1ccc(CC2(O)CN(C(=O)OC(C)(C)C)C2)n1. The zero-order valence-corrected chi connectivity index (χ0v) is 13.5. The minimum atomic E-state index is -0.896. The van der Waals surface area contributed by atoms with Crippen LogP contribution in [0.1, 0.15) is 46.4 Å². The van der Waals surface area contributed by atoms with Gasteiger partial charge in [0.15, 0.2) is 0 Å². The van der Waals surface area contributed by atoms with Crippen molar-refractivity contribution < 1.29 is 14.6 Å². The largest absolute Gasteiger partial charge is 0.444 e. The van der Waals surface area contributed by atoms with E-state index in [1.807, 2.05) is 37.7 Å². The topological polar surface area (TPSA) is 67.6 Å². The molecular weight excluding hydrogens is 270 g/mol. The van der Waals surface area contributed by atoms with Gasteiger partial charge >= 0.3 is 6.09 Å². The molecule has 0 atom stereocenters. The smallest absolute Gasteiger partial charge is 0.410 e. The van der Waals surface area contributed by atoms with Crippen LogP contribution in [0.3, 0.4) is 0 Å². The summed E-state index contributed by atoms with van der Waals surface area (Å²) in [7, 11) is 0. The van der Waals surface area contributed by atoms with Crippen LogP contribution in [0, 0.1) is 0 Å². The number of hydrogen-bond donors (Lipinski definition) is 1. The highest BCUT2D eigenvalue weighted by atomic mass is 16.6. The molecule has 0 aliphatic carbocycles. The summed E-state index contributed by atoms with van der Waals surface area (Å²) in [6, 6.07) is 2.21. The number of rotatable bonds is 3. The molecule has 1 aromatic heterocycles. The summed E-state index contributed by atoms with van der Waals surface area (Å²) in [5.41, 5.74) is -0.566. The van der Waals surface area contributed by atoms with Gasteiger partial charge in [-0.2, -0.15) is 5.10 Å². The lowest BCUT2D eigenvalue weighted by molar-refractivity contribution is -0.0978. The second-order valence-corrected chi connectivity index (χ2v) is 7.12. The number of aromatic nitrogens is 2. The summed E-state index contributed by atoms with van der Waals surface area (Å²) < 4.78 is 7.14. The molecule has 2 rings (SSSR count). The predicted octanol–water partition coefficient (Wildman–Crippen LogP) is 1.99. The van der Waals surface area contributed by atoms with Gasteiger partial charge in [0.1, 0.15) is 11.2 Å². The number of likely N-dealkylation sites (tertiary alicyclic amines) is 1. The lowest BCUT2D eigenvalue weighted by atomic mass is 9.89. The molecule has 1 amide bonds. The van der Waals surface area contributed by atoms with Crippen LogP contribution < -0.4 is 0 Å². The van der Waals surface area contributed by atoms with Crippen LogP contribution in [0.5, 0.6) is 0 Å². The third kappa shape index (κ3) is 3.97. The summed E-state index contributed by atoms with van der Waals surface area (Å²) in [6.45, 7) is 10.2. The highest BCUT2D eigenvalue weighted by Gasteiger charge is 2.45. The van der Waals surface area contributed by atoms with Gasteiger partial charge in [-0.1, -0.05) is 0 Å². The molecular formula is C15H25N3O3. The Morgan fingerprint density at radius 3 is 2.57 bits per heavy atom. The number of nitrogens with zero attached hydrogens (tertiary/aromatic N) is 3. The van der Waals surface area contributed by atoms with Gasteiger partial charge in [-0.05, 0) is 40.7 Å². The molecule has 6 heteroatoms. The van der Waals surface area contributed by atoms with Gasteiger partial charge in [0, 0.05) is 18.7 Å². The molecule has 2 heterocycles. The van der Waals surface area contributed by atoms with Crippen molar-refractivity contribution in [1.82, 2.24) is 14.7 Å². The first kappa shape index (κ1) is 15.8. The molecule has 118 valence electrons. The molecule has 0 unspecified atom stereocenters. The molecule has 0 radical (unpaired) electrons. The van der Waals surface area contributed by atoms with Crippen molar-refractivity contribution in [2.45, 2.75) is 58.3 Å². The van der Waals surface area contributed by atoms with Gasteiger partial charge in [-0.3, -0.25) is 4.68 Å². The summed E-state index contributed by atoms with van der Waals surface area (Å²) >= 11 is 0. The van der Waals surface area contributed by atoms with Crippen molar-refractivity contribution in [2.75, 3.05) is 13.1 Å². The van der Waals surface area contributed by atoms with E-state index >= 15 is 0 Å². The zero-order valence-electron chi connectivity index (χ0n) is 13.5. The van der Waals surface area contributed by atoms with E-state index in [0.29, 0.717) is 12.5 Å². The van der Waals surface area contributed by atoms with Crippen molar-refractivity contribution in [3.05, 3.63) is 18.0 Å². The first-order chi connectivity index (χ1) is 9.58. The molecule has 1 aromatic rings. The maximum Gasteiger partial charge on any atom is 0.410 e. The molecule has 1 fully saturated rings. The summed E-state index contributed by atoms with van der Waals surface area (Å²) in [5, 5.41) is 14.9. The number of carbonyl (C=O) groups excluding carboxylic acids is 1. The molecule has 0 bridgehead atoms. The quantitative estimate of drug-likeness (QED) is 0.926. The number of ether oxygens (including phenoxy) is 1. The number of carbonyl (C=O) groups is 1. The van der Waals surface area contributed by atoms with Gasteiger partial charge in [-0.15, -0.1) is 0 Å². The van der Waals surface area contributed by atoms with Crippen molar-refractivity contribution in [3.63, 3.8) is 0 Å². The molecule has 0 aromatic carbocycles. The van der Waals surface area contributed by atoms with E-state index in [2.05, 4.69) is 18.9 Å². The molecule has 1 aliphatic rings. The van der Waals surface area contributed by atoms with Crippen LogP contribution in [-0.2, 0) is 11.2 Å². The Morgan fingerprint density at radius 1 is 1.48 bits per heavy atom. The van der Waals surface area contributed by atoms with Gasteiger partial charge in [0.25, 0.3) is 0 Å². The Morgan fingerprint density at radius 2 is 2.10 bits per heavy atom. The lowest BCUT2D eigenvalue weighted by Gasteiger charge is -2.46. The highest BCUT2D eigenvalue weighted by Crippen LogP contribution is 2.26. The van der Waals surface area contributed by atoms with Gasteiger partial charge < -0.3 is 14.7 Å². The van der Waals surface area contributed by atoms with Crippen LogP contribution in [0.2, 0.25) is 0 Å². The van der Waals surface area contributed by atoms with E-state index in [0.717, 1.165) is 5.69 Å². The van der Waals surface area contributed by atoms with Gasteiger partial charge in [0.05, 0.1) is 18.8 Å². The van der Waals surface area contributed by atoms with Crippen LogP contribution >= 0.6 is 0 Å². The lowest BCUT2D eigenvalue weighted by Crippen LogP contribution is -2.65. The minimum absolute atomic E-state index is 0.288. The standard InChI is InChI=1S/C15H25N3O3/c1-11(2)18-7-6-12(16-18)8-15(20)9-17(10-15)13(19)21-14(3,4)5/h6-7,11,20H,8-10H2,1-5H3. The van der Waals surface area contributed by atoms with E-state index < -0.39 is 11.2 Å². The van der Waals surface area contributed by atoms with E-state index in [1.165, 1.54) is 4.90 Å². The molecule has 1 N–H and O–H groups in total. The summed E-state index contributed by atoms with van der Waals surface area (Å²) in [4.78, 5) is 13.4. The van der Waals surface area contributed by atoms with E-state index in [4.69, 9.17) is 4.74 Å². The van der Waals surface area contributed by atoms with Gasteiger partial charge in [0.2, 0.25) is 0 Å². The van der Waals surface area contributed by atoms with Crippen LogP contribution in [-0.4, -0.2) is 50.2 Å². The Labute approximate surface area is 125 Å². The van der Waals surface area contributed by atoms with E-state index in [-0.39, 0.29) is 19.2 Å². The highest BCUT2D eigenvalue weighted by molar-refractivity contribution is 5.69. The Hall–Kier alpha value is -1.56. The monoisotopic (exact) mass is 295 g/mol. The molecule has 0 saturated carbocycles. The van der Waals surface area contributed by atoms with Crippen LogP contribution in [0.25, 0.3) is 0 Å². The first-order valence-corrected chi connectivity index (χ1v) is 7.32. The van der Waals surface area contributed by atoms with Crippen molar-refractivity contribution in [1.29, 1.82) is 0 Å². The Bertz CT molecular complexity index is 510. The fourth-order valence-corrected chi connectivity index (χ4v) is 2.33. The second-order valence-electron chi connectivity index (χ2n) is 7.12. The molecule has 1 aliphatic heterocycles. The molecule has 21 heavy (non-hydrogen) atoms. The van der Waals surface area contributed by atoms with Crippen molar-refractivity contribution in [2.24, 2.45) is 0 Å². The molecule has 0 spiro atoms. The number of amides is 1. The second kappa shape index (κ2) is 5.33. The van der Waals surface area contributed by atoms with E-state index in [9.17, 15) is 9.90 Å². The Balaban J connectivity index is 1.87. The van der Waals surface area contributed by atoms with Crippen molar-refractivity contribution >= 4 is 6.09 Å². The fourth-order valence-electron chi connectivity index (χ4n) is 2.33. The predicted molar refractivity (Wildman–Crippen MR) is 79.1 cm³/mol.